The van der Waals surface area contributed by atoms with Crippen LogP contribution in [-0.2, 0) is 0 Å². The minimum atomic E-state index is -0.202. The van der Waals surface area contributed by atoms with Gasteiger partial charge in [-0.1, -0.05) is 38.3 Å². The molecule has 0 bridgehead atoms. The third-order valence-electron chi connectivity index (χ3n) is 6.05. The fourth-order valence-corrected chi connectivity index (χ4v) is 4.42. The topological polar surface area (TPSA) is 46.8 Å². The summed E-state index contributed by atoms with van der Waals surface area (Å²) >= 11 is 0. The fourth-order valence-electron chi connectivity index (χ4n) is 4.42. The van der Waals surface area contributed by atoms with Gasteiger partial charge in [-0.05, 0) is 72.8 Å². The number of nitrogens with zero attached hydrogens (tertiary/aromatic N) is 5. The summed E-state index contributed by atoms with van der Waals surface area (Å²) in [7, 11) is 0. The molecule has 140 valence electrons. The molecule has 26 heavy (non-hydrogen) atoms. The molecule has 1 atom stereocenters. The highest BCUT2D eigenvalue weighted by molar-refractivity contribution is 5.25. The van der Waals surface area contributed by atoms with Crippen LogP contribution in [0.15, 0.2) is 24.3 Å². The van der Waals surface area contributed by atoms with Gasteiger partial charge in [0.1, 0.15) is 5.82 Å². The molecule has 2 aromatic rings. The Morgan fingerprint density at radius 3 is 2.38 bits per heavy atom. The highest BCUT2D eigenvalue weighted by Crippen LogP contribution is 2.35. The van der Waals surface area contributed by atoms with Gasteiger partial charge in [0, 0.05) is 0 Å². The maximum atomic E-state index is 13.5. The first kappa shape index (κ1) is 17.6. The van der Waals surface area contributed by atoms with Crippen molar-refractivity contribution in [2.24, 2.45) is 5.92 Å². The lowest BCUT2D eigenvalue weighted by Gasteiger charge is -2.37. The molecule has 1 aliphatic heterocycles. The number of rotatable bonds is 4. The summed E-state index contributed by atoms with van der Waals surface area (Å²) in [6.45, 7) is 4.37. The quantitative estimate of drug-likeness (QED) is 0.825. The zero-order valence-corrected chi connectivity index (χ0v) is 15.5. The maximum Gasteiger partial charge on any atom is 0.173 e. The first-order chi connectivity index (χ1) is 12.7. The highest BCUT2D eigenvalue weighted by Gasteiger charge is 2.32. The van der Waals surface area contributed by atoms with Gasteiger partial charge >= 0.3 is 0 Å². The Bertz CT molecular complexity index is 699. The van der Waals surface area contributed by atoms with Crippen LogP contribution >= 0.6 is 0 Å². The molecule has 0 unspecified atom stereocenters. The smallest absolute Gasteiger partial charge is 0.173 e. The lowest BCUT2D eigenvalue weighted by molar-refractivity contribution is 0.146. The van der Waals surface area contributed by atoms with E-state index in [1.165, 1.54) is 32.1 Å². The molecule has 0 radical (unpaired) electrons. The third-order valence-corrected chi connectivity index (χ3v) is 6.05. The average molecular weight is 357 g/mol. The molecule has 2 fully saturated rings. The van der Waals surface area contributed by atoms with Crippen LogP contribution in [0.5, 0.6) is 0 Å². The lowest BCUT2D eigenvalue weighted by atomic mass is 9.93. The molecule has 0 N–H and O–H groups in total. The van der Waals surface area contributed by atoms with Gasteiger partial charge in [0.15, 0.2) is 5.82 Å². The number of hydrogen-bond acceptors (Lipinski definition) is 4. The van der Waals surface area contributed by atoms with Gasteiger partial charge in [0.25, 0.3) is 0 Å². The van der Waals surface area contributed by atoms with Gasteiger partial charge in [-0.2, -0.15) is 0 Å². The number of benzene rings is 1. The number of piperidine rings is 1. The van der Waals surface area contributed by atoms with Crippen LogP contribution in [0.1, 0.15) is 75.3 Å². The second-order valence-electron chi connectivity index (χ2n) is 7.95. The molecular formula is C20H28FN5. The van der Waals surface area contributed by atoms with Crippen molar-refractivity contribution in [3.05, 3.63) is 41.5 Å². The molecule has 1 saturated carbocycles. The van der Waals surface area contributed by atoms with Crippen LogP contribution in [0.3, 0.4) is 0 Å². The Labute approximate surface area is 154 Å². The van der Waals surface area contributed by atoms with Crippen molar-refractivity contribution in [3.8, 4) is 0 Å². The number of tetrazole rings is 1. The summed E-state index contributed by atoms with van der Waals surface area (Å²) in [5.74, 6) is 1.47. The van der Waals surface area contributed by atoms with Gasteiger partial charge in [0.2, 0.25) is 0 Å². The van der Waals surface area contributed by atoms with E-state index in [1.807, 2.05) is 12.1 Å². The summed E-state index contributed by atoms with van der Waals surface area (Å²) in [5, 5.41) is 12.9. The largest absolute Gasteiger partial charge is 0.290 e. The fraction of sp³-hybridized carbons (Fsp3) is 0.650. The molecule has 1 saturated heterocycles. The molecule has 1 aromatic carbocycles. The normalized spacial score (nSPS) is 21.8. The highest BCUT2D eigenvalue weighted by atomic mass is 19.1. The molecule has 5 nitrogen and oxygen atoms in total. The molecule has 1 aromatic heterocycles. The van der Waals surface area contributed by atoms with Gasteiger partial charge < -0.3 is 0 Å². The van der Waals surface area contributed by atoms with E-state index in [2.05, 4.69) is 32.0 Å². The van der Waals surface area contributed by atoms with Crippen molar-refractivity contribution in [2.45, 2.75) is 64.0 Å². The molecule has 1 aliphatic carbocycles. The van der Waals surface area contributed by atoms with Crippen molar-refractivity contribution in [2.75, 3.05) is 13.1 Å². The van der Waals surface area contributed by atoms with Gasteiger partial charge in [-0.3, -0.25) is 4.90 Å². The zero-order valence-electron chi connectivity index (χ0n) is 15.5. The SMILES string of the molecule is CC1CCN([C@@H](c2ccc(F)cc2)c2nnnn2C2CCCCC2)CC1. The predicted molar refractivity (Wildman–Crippen MR) is 98.2 cm³/mol. The van der Waals surface area contributed by atoms with Crippen LogP contribution in [0.2, 0.25) is 0 Å². The van der Waals surface area contributed by atoms with Crippen LogP contribution in [0.4, 0.5) is 4.39 Å². The van der Waals surface area contributed by atoms with E-state index < -0.39 is 0 Å². The van der Waals surface area contributed by atoms with Crippen molar-refractivity contribution in [1.29, 1.82) is 0 Å². The Morgan fingerprint density at radius 2 is 1.69 bits per heavy atom. The standard InChI is InChI=1S/C20H28FN5/c1-15-11-13-25(14-12-15)19(16-7-9-17(21)10-8-16)20-22-23-24-26(20)18-5-3-2-4-6-18/h7-10,15,18-19H,2-6,11-14H2,1H3/t19-/m0/s1. The number of halogens is 1. The maximum absolute atomic E-state index is 13.5. The Kier molecular flexibility index (Phi) is 5.29. The summed E-state index contributed by atoms with van der Waals surface area (Å²) in [4.78, 5) is 2.47. The molecule has 0 amide bonds. The number of aromatic nitrogens is 4. The van der Waals surface area contributed by atoms with Crippen molar-refractivity contribution in [1.82, 2.24) is 25.1 Å². The number of likely N-dealkylation sites (tertiary alicyclic amines) is 1. The van der Waals surface area contributed by atoms with Gasteiger partial charge in [0.05, 0.1) is 12.1 Å². The second-order valence-corrected chi connectivity index (χ2v) is 7.95. The summed E-state index contributed by atoms with van der Waals surface area (Å²) in [6, 6.07) is 7.25. The molecule has 2 aliphatic rings. The number of hydrogen-bond donors (Lipinski definition) is 0. The third kappa shape index (κ3) is 3.65. The van der Waals surface area contributed by atoms with E-state index in [0.29, 0.717) is 6.04 Å². The zero-order chi connectivity index (χ0) is 17.9. The average Bonchev–Trinajstić information content (AvgIpc) is 3.15. The van der Waals surface area contributed by atoms with Crippen molar-refractivity contribution < 1.29 is 4.39 Å². The minimum Gasteiger partial charge on any atom is -0.290 e. The van der Waals surface area contributed by atoms with E-state index in [0.717, 1.165) is 43.2 Å². The van der Waals surface area contributed by atoms with E-state index in [4.69, 9.17) is 0 Å². The van der Waals surface area contributed by atoms with Crippen molar-refractivity contribution in [3.63, 3.8) is 0 Å². The van der Waals surface area contributed by atoms with Crippen LogP contribution in [0.25, 0.3) is 0 Å². The molecular weight excluding hydrogens is 329 g/mol. The first-order valence-corrected chi connectivity index (χ1v) is 9.99. The summed E-state index contributed by atoms with van der Waals surface area (Å²) in [5.41, 5.74) is 1.08. The molecule has 6 heteroatoms. The first-order valence-electron chi connectivity index (χ1n) is 9.99. The van der Waals surface area contributed by atoms with Crippen LogP contribution in [0, 0.1) is 11.7 Å². The predicted octanol–water partition coefficient (Wildman–Crippen LogP) is 4.14. The summed E-state index contributed by atoms with van der Waals surface area (Å²) in [6.07, 6.45) is 8.44. The van der Waals surface area contributed by atoms with Gasteiger partial charge in [-0.15, -0.1) is 5.10 Å². The van der Waals surface area contributed by atoms with Crippen LogP contribution < -0.4 is 0 Å². The Hall–Kier alpha value is -1.82. The Balaban J connectivity index is 1.69. The van der Waals surface area contributed by atoms with E-state index in [-0.39, 0.29) is 11.9 Å². The second kappa shape index (κ2) is 7.82. The lowest BCUT2D eigenvalue weighted by Crippen LogP contribution is -2.38. The summed E-state index contributed by atoms with van der Waals surface area (Å²) < 4.78 is 15.6. The Morgan fingerprint density at radius 1 is 1.00 bits per heavy atom. The van der Waals surface area contributed by atoms with Crippen LogP contribution in [-0.4, -0.2) is 38.2 Å². The monoisotopic (exact) mass is 357 g/mol. The van der Waals surface area contributed by atoms with E-state index >= 15 is 0 Å². The van der Waals surface area contributed by atoms with E-state index in [9.17, 15) is 4.39 Å². The van der Waals surface area contributed by atoms with Crippen molar-refractivity contribution >= 4 is 0 Å². The van der Waals surface area contributed by atoms with E-state index in [1.54, 1.807) is 12.1 Å². The molecule has 4 rings (SSSR count). The molecule has 2 heterocycles. The molecule has 0 spiro atoms. The van der Waals surface area contributed by atoms with Gasteiger partial charge in [-0.25, -0.2) is 9.07 Å². The minimum absolute atomic E-state index is 0.0000246.